The third-order valence-electron chi connectivity index (χ3n) is 2.46. The Hall–Kier alpha value is -1.36. The average molecular weight is 306 g/mol. The summed E-state index contributed by atoms with van der Waals surface area (Å²) < 4.78 is 39.0. The molecule has 1 unspecified atom stereocenters. The number of nitrogens with zero attached hydrogens (tertiary/aromatic N) is 2. The first-order valence-corrected chi connectivity index (χ1v) is 7.12. The molecule has 5 nitrogen and oxygen atoms in total. The lowest BCUT2D eigenvalue weighted by molar-refractivity contribution is 0.434. The highest BCUT2D eigenvalue weighted by Crippen LogP contribution is 2.27. The topological polar surface area (TPSA) is 87.2 Å². The fraction of sp³-hybridized carbons (Fsp3) is 0.364. The standard InChI is InChI=1S/C11H13ClFN3O2S/c1-7(5-14)6-16(2)19(17,18)10-4-8(15)3-9(12)11(10)13/h3-4,7H,6,15H2,1-2H3. The highest BCUT2D eigenvalue weighted by Gasteiger charge is 2.27. The van der Waals surface area contributed by atoms with Gasteiger partial charge in [0.2, 0.25) is 10.0 Å². The quantitative estimate of drug-likeness (QED) is 0.860. The van der Waals surface area contributed by atoms with Crippen LogP contribution in [-0.2, 0) is 10.0 Å². The van der Waals surface area contributed by atoms with E-state index in [1.165, 1.54) is 7.05 Å². The number of rotatable bonds is 4. The van der Waals surface area contributed by atoms with E-state index in [-0.39, 0.29) is 17.3 Å². The molecule has 0 radical (unpaired) electrons. The average Bonchev–Trinajstić information content (AvgIpc) is 2.33. The van der Waals surface area contributed by atoms with Crippen molar-refractivity contribution in [2.75, 3.05) is 19.3 Å². The molecule has 0 bridgehead atoms. The van der Waals surface area contributed by atoms with Crippen LogP contribution in [0.4, 0.5) is 10.1 Å². The minimum Gasteiger partial charge on any atom is -0.399 e. The van der Waals surface area contributed by atoms with Crippen molar-refractivity contribution in [3.05, 3.63) is 23.0 Å². The van der Waals surface area contributed by atoms with Gasteiger partial charge in [-0.15, -0.1) is 0 Å². The van der Waals surface area contributed by atoms with Gasteiger partial charge < -0.3 is 5.73 Å². The molecule has 0 amide bonds. The molecular weight excluding hydrogens is 293 g/mol. The summed E-state index contributed by atoms with van der Waals surface area (Å²) in [4.78, 5) is -0.592. The summed E-state index contributed by atoms with van der Waals surface area (Å²) >= 11 is 5.57. The van der Waals surface area contributed by atoms with Crippen LogP contribution in [0.25, 0.3) is 0 Å². The Morgan fingerprint density at radius 1 is 1.58 bits per heavy atom. The van der Waals surface area contributed by atoms with Crippen molar-refractivity contribution in [1.29, 1.82) is 5.26 Å². The molecule has 19 heavy (non-hydrogen) atoms. The number of nitrogens with two attached hydrogens (primary N) is 1. The van der Waals surface area contributed by atoms with Gasteiger partial charge >= 0.3 is 0 Å². The molecule has 0 aliphatic heterocycles. The fourth-order valence-corrected chi connectivity index (χ4v) is 3.12. The Balaban J connectivity index is 3.25. The Kier molecular flexibility index (Phi) is 4.74. The molecule has 8 heteroatoms. The molecular formula is C11H13ClFN3O2S. The van der Waals surface area contributed by atoms with Crippen molar-refractivity contribution in [2.24, 2.45) is 5.92 Å². The Morgan fingerprint density at radius 2 is 2.16 bits per heavy atom. The highest BCUT2D eigenvalue weighted by atomic mass is 35.5. The van der Waals surface area contributed by atoms with Gasteiger partial charge in [0, 0.05) is 19.3 Å². The van der Waals surface area contributed by atoms with Gasteiger partial charge in [-0.05, 0) is 19.1 Å². The minimum atomic E-state index is -4.08. The van der Waals surface area contributed by atoms with Gasteiger partial charge in [0.15, 0.2) is 5.82 Å². The number of benzene rings is 1. The van der Waals surface area contributed by atoms with Crippen LogP contribution in [-0.4, -0.2) is 26.3 Å². The summed E-state index contributed by atoms with van der Waals surface area (Å²) in [5.74, 6) is -1.56. The zero-order valence-electron chi connectivity index (χ0n) is 10.4. The van der Waals surface area contributed by atoms with E-state index in [4.69, 9.17) is 22.6 Å². The van der Waals surface area contributed by atoms with Crippen LogP contribution in [0.2, 0.25) is 5.02 Å². The molecule has 0 aliphatic carbocycles. The predicted octanol–water partition coefficient (Wildman–Crippen LogP) is 1.84. The number of nitriles is 1. The SMILES string of the molecule is CC(C#N)CN(C)S(=O)(=O)c1cc(N)cc(Cl)c1F. The van der Waals surface area contributed by atoms with Gasteiger partial charge in [0.25, 0.3) is 0 Å². The van der Waals surface area contributed by atoms with E-state index < -0.39 is 26.7 Å². The van der Waals surface area contributed by atoms with Gasteiger partial charge in [-0.1, -0.05) is 11.6 Å². The number of sulfonamides is 1. The van der Waals surface area contributed by atoms with Crippen LogP contribution >= 0.6 is 11.6 Å². The molecule has 0 aromatic heterocycles. The molecule has 0 spiro atoms. The number of nitrogen functional groups attached to an aromatic ring is 1. The molecule has 0 aliphatic rings. The van der Waals surface area contributed by atoms with Gasteiger partial charge in [0.1, 0.15) is 4.90 Å². The maximum Gasteiger partial charge on any atom is 0.245 e. The van der Waals surface area contributed by atoms with E-state index in [1.54, 1.807) is 6.92 Å². The molecule has 104 valence electrons. The van der Waals surface area contributed by atoms with Gasteiger partial charge in [0.05, 0.1) is 17.0 Å². The summed E-state index contributed by atoms with van der Waals surface area (Å²) in [6, 6.07) is 4.04. The first-order valence-electron chi connectivity index (χ1n) is 5.30. The minimum absolute atomic E-state index is 0.0479. The number of hydrogen-bond acceptors (Lipinski definition) is 4. The van der Waals surface area contributed by atoms with Crippen molar-refractivity contribution in [2.45, 2.75) is 11.8 Å². The van der Waals surface area contributed by atoms with E-state index >= 15 is 0 Å². The molecule has 0 fully saturated rings. The molecule has 0 heterocycles. The van der Waals surface area contributed by atoms with Crippen LogP contribution in [0.5, 0.6) is 0 Å². The van der Waals surface area contributed by atoms with Crippen LogP contribution in [0.15, 0.2) is 17.0 Å². The zero-order chi connectivity index (χ0) is 14.8. The molecule has 1 rings (SSSR count). The maximum atomic E-state index is 13.8. The van der Waals surface area contributed by atoms with E-state index in [0.29, 0.717) is 0 Å². The van der Waals surface area contributed by atoms with Crippen LogP contribution < -0.4 is 5.73 Å². The monoisotopic (exact) mass is 305 g/mol. The van der Waals surface area contributed by atoms with Crippen molar-refractivity contribution in [3.63, 3.8) is 0 Å². The molecule has 1 atom stereocenters. The smallest absolute Gasteiger partial charge is 0.245 e. The van der Waals surface area contributed by atoms with E-state index in [9.17, 15) is 12.8 Å². The van der Waals surface area contributed by atoms with Crippen molar-refractivity contribution >= 4 is 27.3 Å². The fourth-order valence-electron chi connectivity index (χ4n) is 1.46. The zero-order valence-corrected chi connectivity index (χ0v) is 12.0. The largest absolute Gasteiger partial charge is 0.399 e. The lowest BCUT2D eigenvalue weighted by Gasteiger charge is -2.19. The van der Waals surface area contributed by atoms with Gasteiger partial charge in [-0.2, -0.15) is 9.57 Å². The first kappa shape index (κ1) is 15.7. The Morgan fingerprint density at radius 3 is 2.68 bits per heavy atom. The van der Waals surface area contributed by atoms with Gasteiger partial charge in [-0.25, -0.2) is 12.8 Å². The second-order valence-electron chi connectivity index (χ2n) is 4.13. The summed E-state index contributed by atoms with van der Waals surface area (Å²) in [6.45, 7) is 1.51. The Labute approximate surface area is 116 Å². The lowest BCUT2D eigenvalue weighted by atomic mass is 10.2. The second-order valence-corrected chi connectivity index (χ2v) is 6.55. The summed E-state index contributed by atoms with van der Waals surface area (Å²) in [6.07, 6.45) is 0. The maximum absolute atomic E-state index is 13.8. The second kappa shape index (κ2) is 5.74. The van der Waals surface area contributed by atoms with Gasteiger partial charge in [-0.3, -0.25) is 0 Å². The van der Waals surface area contributed by atoms with Crippen molar-refractivity contribution < 1.29 is 12.8 Å². The molecule has 2 N–H and O–H groups in total. The first-order chi connectivity index (χ1) is 8.70. The van der Waals surface area contributed by atoms with E-state index in [2.05, 4.69) is 0 Å². The summed E-state index contributed by atoms with van der Waals surface area (Å²) in [7, 11) is -2.81. The normalized spacial score (nSPS) is 13.3. The van der Waals surface area contributed by atoms with Crippen LogP contribution in [0.3, 0.4) is 0 Å². The van der Waals surface area contributed by atoms with Crippen LogP contribution in [0, 0.1) is 23.1 Å². The van der Waals surface area contributed by atoms with Crippen molar-refractivity contribution in [3.8, 4) is 6.07 Å². The molecule has 0 saturated carbocycles. The summed E-state index contributed by atoms with van der Waals surface area (Å²) in [5.41, 5.74) is 5.51. The molecule has 1 aromatic carbocycles. The van der Waals surface area contributed by atoms with Crippen molar-refractivity contribution in [1.82, 2.24) is 4.31 Å². The van der Waals surface area contributed by atoms with Crippen LogP contribution in [0.1, 0.15) is 6.92 Å². The third kappa shape index (κ3) is 3.35. The number of halogens is 2. The lowest BCUT2D eigenvalue weighted by Crippen LogP contribution is -2.31. The van der Waals surface area contributed by atoms with E-state index in [0.717, 1.165) is 16.4 Å². The number of anilines is 1. The predicted molar refractivity (Wildman–Crippen MR) is 70.4 cm³/mol. The number of hydrogen-bond donors (Lipinski definition) is 1. The highest BCUT2D eigenvalue weighted by molar-refractivity contribution is 7.89. The third-order valence-corrected chi connectivity index (χ3v) is 4.55. The summed E-state index contributed by atoms with van der Waals surface area (Å²) in [5, 5.41) is 8.32. The Bertz CT molecular complexity index is 628. The van der Waals surface area contributed by atoms with E-state index in [1.807, 2.05) is 6.07 Å². The molecule has 0 saturated heterocycles. The molecule has 1 aromatic rings.